The Morgan fingerprint density at radius 2 is 1.85 bits per heavy atom. The molecule has 1 N–H and O–H groups in total. The van der Waals surface area contributed by atoms with Crippen molar-refractivity contribution in [3.8, 4) is 17.0 Å². The molecule has 2 rings (SSSR count). The van der Waals surface area contributed by atoms with Gasteiger partial charge in [0.2, 0.25) is 0 Å². The van der Waals surface area contributed by atoms with E-state index in [1.165, 1.54) is 0 Å². The van der Waals surface area contributed by atoms with Gasteiger partial charge in [0.1, 0.15) is 17.9 Å². The summed E-state index contributed by atoms with van der Waals surface area (Å²) >= 11 is 0. The number of nitrogens with one attached hydrogen (secondary N) is 1. The molecule has 0 aliphatic heterocycles. The van der Waals surface area contributed by atoms with Crippen molar-refractivity contribution in [3.05, 3.63) is 36.2 Å². The second-order valence-electron chi connectivity index (χ2n) is 4.90. The number of benzene rings is 1. The summed E-state index contributed by atoms with van der Waals surface area (Å²) < 4.78 is 5.20. The Morgan fingerprint density at radius 1 is 1.15 bits per heavy atom. The first-order valence-electron chi connectivity index (χ1n) is 6.90. The van der Waals surface area contributed by atoms with E-state index < -0.39 is 0 Å². The smallest absolute Gasteiger partial charge is 0.133 e. The minimum Gasteiger partial charge on any atom is -0.497 e. The second-order valence-corrected chi connectivity index (χ2v) is 4.90. The van der Waals surface area contributed by atoms with Gasteiger partial charge in [-0.05, 0) is 37.1 Å². The summed E-state index contributed by atoms with van der Waals surface area (Å²) in [6, 6.07) is 7.97. The molecule has 1 aromatic heterocycles. The summed E-state index contributed by atoms with van der Waals surface area (Å²) in [6.07, 6.45) is 1.61. The number of ether oxygens (including phenoxy) is 1. The summed E-state index contributed by atoms with van der Waals surface area (Å²) in [7, 11) is 1.67. The van der Waals surface area contributed by atoms with Crippen molar-refractivity contribution in [1.29, 1.82) is 0 Å². The van der Waals surface area contributed by atoms with Crippen LogP contribution in [-0.4, -0.2) is 23.6 Å². The largest absolute Gasteiger partial charge is 0.497 e. The van der Waals surface area contributed by atoms with Crippen LogP contribution in [0.1, 0.15) is 32.3 Å². The van der Waals surface area contributed by atoms with Gasteiger partial charge in [-0.25, -0.2) is 9.97 Å². The SMILES string of the molecule is CCNc1ncnc(-c2ccc(OC)cc2)c1C(C)C. The summed E-state index contributed by atoms with van der Waals surface area (Å²) in [5, 5.41) is 3.31. The monoisotopic (exact) mass is 271 g/mol. The molecule has 106 valence electrons. The molecule has 0 saturated heterocycles. The van der Waals surface area contributed by atoms with E-state index in [-0.39, 0.29) is 0 Å². The molecule has 2 aromatic rings. The number of aromatic nitrogens is 2. The highest BCUT2D eigenvalue weighted by molar-refractivity contribution is 5.69. The summed E-state index contributed by atoms with van der Waals surface area (Å²) in [6.45, 7) is 7.23. The summed E-state index contributed by atoms with van der Waals surface area (Å²) in [4.78, 5) is 8.84. The quantitative estimate of drug-likeness (QED) is 0.900. The van der Waals surface area contributed by atoms with E-state index in [1.54, 1.807) is 13.4 Å². The second kappa shape index (κ2) is 6.37. The molecule has 20 heavy (non-hydrogen) atoms. The van der Waals surface area contributed by atoms with E-state index in [9.17, 15) is 0 Å². The lowest BCUT2D eigenvalue weighted by atomic mass is 9.97. The average Bonchev–Trinajstić information content (AvgIpc) is 2.47. The van der Waals surface area contributed by atoms with Crippen LogP contribution in [0.5, 0.6) is 5.75 Å². The minimum absolute atomic E-state index is 0.349. The van der Waals surface area contributed by atoms with Crippen LogP contribution in [0.3, 0.4) is 0 Å². The molecule has 0 saturated carbocycles. The third-order valence-corrected chi connectivity index (χ3v) is 3.17. The highest BCUT2D eigenvalue weighted by Crippen LogP contribution is 2.32. The predicted molar refractivity (Wildman–Crippen MR) is 82.3 cm³/mol. The van der Waals surface area contributed by atoms with Gasteiger partial charge < -0.3 is 10.1 Å². The molecular formula is C16H21N3O. The molecule has 0 amide bonds. The van der Waals surface area contributed by atoms with Crippen molar-refractivity contribution in [2.24, 2.45) is 0 Å². The predicted octanol–water partition coefficient (Wildman–Crippen LogP) is 3.71. The van der Waals surface area contributed by atoms with Gasteiger partial charge >= 0.3 is 0 Å². The van der Waals surface area contributed by atoms with E-state index in [0.29, 0.717) is 5.92 Å². The number of anilines is 1. The lowest BCUT2D eigenvalue weighted by Gasteiger charge is -2.16. The third kappa shape index (κ3) is 2.90. The van der Waals surface area contributed by atoms with Gasteiger partial charge in [0.25, 0.3) is 0 Å². The zero-order valence-corrected chi connectivity index (χ0v) is 12.5. The molecular weight excluding hydrogens is 250 g/mol. The Morgan fingerprint density at radius 3 is 2.40 bits per heavy atom. The number of nitrogens with zero attached hydrogens (tertiary/aromatic N) is 2. The molecule has 4 heteroatoms. The van der Waals surface area contributed by atoms with Crippen LogP contribution < -0.4 is 10.1 Å². The van der Waals surface area contributed by atoms with E-state index >= 15 is 0 Å². The zero-order valence-electron chi connectivity index (χ0n) is 12.5. The van der Waals surface area contributed by atoms with Crippen molar-refractivity contribution in [1.82, 2.24) is 9.97 Å². The molecule has 0 unspecified atom stereocenters. The lowest BCUT2D eigenvalue weighted by molar-refractivity contribution is 0.415. The lowest BCUT2D eigenvalue weighted by Crippen LogP contribution is -2.07. The van der Waals surface area contributed by atoms with Crippen molar-refractivity contribution in [2.75, 3.05) is 19.0 Å². The molecule has 0 bridgehead atoms. The van der Waals surface area contributed by atoms with Gasteiger partial charge in [-0.15, -0.1) is 0 Å². The fourth-order valence-corrected chi connectivity index (χ4v) is 2.23. The maximum atomic E-state index is 5.20. The van der Waals surface area contributed by atoms with Gasteiger partial charge in [-0.3, -0.25) is 0 Å². The minimum atomic E-state index is 0.349. The molecule has 1 heterocycles. The third-order valence-electron chi connectivity index (χ3n) is 3.17. The Kier molecular flexibility index (Phi) is 4.56. The Balaban J connectivity index is 2.51. The maximum Gasteiger partial charge on any atom is 0.133 e. The van der Waals surface area contributed by atoms with Crippen LogP contribution in [-0.2, 0) is 0 Å². The Bertz CT molecular complexity index is 564. The van der Waals surface area contributed by atoms with Crippen LogP contribution in [0, 0.1) is 0 Å². The molecule has 0 fully saturated rings. The standard InChI is InChI=1S/C16H21N3O/c1-5-17-16-14(11(2)3)15(18-10-19-16)12-6-8-13(20-4)9-7-12/h6-11H,5H2,1-4H3,(H,17,18,19). The molecule has 0 atom stereocenters. The fraction of sp³-hybridized carbons (Fsp3) is 0.375. The number of hydrogen-bond acceptors (Lipinski definition) is 4. The van der Waals surface area contributed by atoms with Crippen molar-refractivity contribution in [3.63, 3.8) is 0 Å². The Hall–Kier alpha value is -2.10. The molecule has 0 aliphatic rings. The van der Waals surface area contributed by atoms with Gasteiger partial charge in [0, 0.05) is 17.7 Å². The van der Waals surface area contributed by atoms with Gasteiger partial charge in [0.05, 0.1) is 12.8 Å². The molecule has 0 spiro atoms. The van der Waals surface area contributed by atoms with Crippen LogP contribution in [0.4, 0.5) is 5.82 Å². The van der Waals surface area contributed by atoms with Crippen LogP contribution in [0.25, 0.3) is 11.3 Å². The first kappa shape index (κ1) is 14.3. The normalized spacial score (nSPS) is 10.7. The van der Waals surface area contributed by atoms with Gasteiger partial charge in [-0.1, -0.05) is 13.8 Å². The molecule has 0 radical (unpaired) electrons. The van der Waals surface area contributed by atoms with Gasteiger partial charge in [-0.2, -0.15) is 0 Å². The molecule has 0 aliphatic carbocycles. The van der Waals surface area contributed by atoms with Gasteiger partial charge in [0.15, 0.2) is 0 Å². The first-order chi connectivity index (χ1) is 9.67. The zero-order chi connectivity index (χ0) is 14.5. The average molecular weight is 271 g/mol. The van der Waals surface area contributed by atoms with E-state index in [2.05, 4.69) is 36.1 Å². The highest BCUT2D eigenvalue weighted by atomic mass is 16.5. The van der Waals surface area contributed by atoms with E-state index in [4.69, 9.17) is 4.74 Å². The van der Waals surface area contributed by atoms with Crippen LogP contribution in [0.2, 0.25) is 0 Å². The van der Waals surface area contributed by atoms with Crippen LogP contribution >= 0.6 is 0 Å². The molecule has 4 nitrogen and oxygen atoms in total. The maximum absolute atomic E-state index is 5.20. The van der Waals surface area contributed by atoms with Crippen molar-refractivity contribution >= 4 is 5.82 Å². The summed E-state index contributed by atoms with van der Waals surface area (Å²) in [5.41, 5.74) is 3.21. The topological polar surface area (TPSA) is 47.0 Å². The number of rotatable bonds is 5. The Labute approximate surface area is 120 Å². The van der Waals surface area contributed by atoms with Crippen molar-refractivity contribution < 1.29 is 4.74 Å². The first-order valence-corrected chi connectivity index (χ1v) is 6.90. The number of methoxy groups -OCH3 is 1. The molecule has 1 aromatic carbocycles. The summed E-state index contributed by atoms with van der Waals surface area (Å²) in [5.74, 6) is 2.12. The van der Waals surface area contributed by atoms with E-state index in [1.807, 2.05) is 24.3 Å². The van der Waals surface area contributed by atoms with Crippen LogP contribution in [0.15, 0.2) is 30.6 Å². The highest BCUT2D eigenvalue weighted by Gasteiger charge is 2.15. The van der Waals surface area contributed by atoms with E-state index in [0.717, 1.165) is 34.9 Å². The fourth-order valence-electron chi connectivity index (χ4n) is 2.23. The number of hydrogen-bond donors (Lipinski definition) is 1. The van der Waals surface area contributed by atoms with Crippen molar-refractivity contribution in [2.45, 2.75) is 26.7 Å².